The monoisotopic (exact) mass is 255 g/mol. The van der Waals surface area contributed by atoms with Gasteiger partial charge in [0.05, 0.1) is 6.61 Å². The zero-order chi connectivity index (χ0) is 14.0. The van der Waals surface area contributed by atoms with E-state index in [9.17, 15) is 9.59 Å². The zero-order valence-corrected chi connectivity index (χ0v) is 11.4. The van der Waals surface area contributed by atoms with Crippen molar-refractivity contribution in [3.05, 3.63) is 12.7 Å². The average molecular weight is 255 g/mol. The summed E-state index contributed by atoms with van der Waals surface area (Å²) in [7, 11) is 0. The molecule has 0 aromatic heterocycles. The molecule has 1 aliphatic carbocycles. The standard InChI is InChI=1S/C13H21NO4/c1-6-9-8-13(9,10(15)17-7-2)14-11(16)18-12(3,4)5/h6,9H,1,7-8H2,2-5H3,(H,14,16)/t9-,13+/m1/s1. The number of rotatable bonds is 4. The van der Waals surface area contributed by atoms with Gasteiger partial charge in [0.2, 0.25) is 0 Å². The lowest BCUT2D eigenvalue weighted by atomic mass is 10.2. The molecule has 1 amide bonds. The summed E-state index contributed by atoms with van der Waals surface area (Å²) in [6.45, 7) is 10.9. The van der Waals surface area contributed by atoms with Gasteiger partial charge < -0.3 is 14.8 Å². The second-order valence-electron chi connectivity index (χ2n) is 5.37. The van der Waals surface area contributed by atoms with Crippen LogP contribution >= 0.6 is 0 Å². The molecule has 18 heavy (non-hydrogen) atoms. The van der Waals surface area contributed by atoms with Gasteiger partial charge >= 0.3 is 12.1 Å². The predicted octanol–water partition coefficient (Wildman–Crippen LogP) is 2.02. The summed E-state index contributed by atoms with van der Waals surface area (Å²) in [5.74, 6) is -0.523. The van der Waals surface area contributed by atoms with Gasteiger partial charge in [-0.25, -0.2) is 9.59 Å². The summed E-state index contributed by atoms with van der Waals surface area (Å²) >= 11 is 0. The van der Waals surface area contributed by atoms with Crippen LogP contribution in [0.2, 0.25) is 0 Å². The molecular formula is C13H21NO4. The first-order valence-corrected chi connectivity index (χ1v) is 6.06. The van der Waals surface area contributed by atoms with Gasteiger partial charge in [0.25, 0.3) is 0 Å². The molecule has 1 aliphatic rings. The number of carbonyl (C=O) groups is 2. The molecule has 0 aliphatic heterocycles. The smallest absolute Gasteiger partial charge is 0.408 e. The van der Waals surface area contributed by atoms with Crippen molar-refractivity contribution in [1.29, 1.82) is 0 Å². The lowest BCUT2D eigenvalue weighted by Crippen LogP contribution is -2.47. The first kappa shape index (κ1) is 14.5. The van der Waals surface area contributed by atoms with Crippen molar-refractivity contribution in [3.63, 3.8) is 0 Å². The first-order valence-electron chi connectivity index (χ1n) is 6.06. The Morgan fingerprint density at radius 1 is 1.50 bits per heavy atom. The normalized spacial score (nSPS) is 26.1. The average Bonchev–Trinajstić information content (AvgIpc) is 2.90. The van der Waals surface area contributed by atoms with Crippen molar-refractivity contribution >= 4 is 12.1 Å². The van der Waals surface area contributed by atoms with Crippen molar-refractivity contribution < 1.29 is 19.1 Å². The molecule has 0 unspecified atom stereocenters. The van der Waals surface area contributed by atoms with Gasteiger partial charge in [-0.2, -0.15) is 0 Å². The molecule has 5 nitrogen and oxygen atoms in total. The van der Waals surface area contributed by atoms with Gasteiger partial charge in [0, 0.05) is 5.92 Å². The number of nitrogens with one attached hydrogen (secondary N) is 1. The SMILES string of the molecule is C=C[C@@H]1C[C@@]1(NC(=O)OC(C)(C)C)C(=O)OCC. The molecule has 1 rings (SSSR count). The molecule has 102 valence electrons. The Morgan fingerprint density at radius 3 is 2.50 bits per heavy atom. The highest BCUT2D eigenvalue weighted by Crippen LogP contribution is 2.45. The number of carbonyl (C=O) groups excluding carboxylic acids is 2. The van der Waals surface area contributed by atoms with Crippen LogP contribution in [-0.4, -0.2) is 29.8 Å². The largest absolute Gasteiger partial charge is 0.464 e. The quantitative estimate of drug-likeness (QED) is 0.616. The summed E-state index contributed by atoms with van der Waals surface area (Å²) < 4.78 is 10.1. The Labute approximate surface area is 108 Å². The van der Waals surface area contributed by atoms with Crippen LogP contribution < -0.4 is 5.32 Å². The summed E-state index contributed by atoms with van der Waals surface area (Å²) in [5.41, 5.74) is -1.58. The molecule has 0 saturated heterocycles. The van der Waals surface area contributed by atoms with Crippen LogP contribution in [0.5, 0.6) is 0 Å². The van der Waals surface area contributed by atoms with Gasteiger partial charge in [-0.15, -0.1) is 6.58 Å². The Morgan fingerprint density at radius 2 is 2.11 bits per heavy atom. The highest BCUT2D eigenvalue weighted by atomic mass is 16.6. The van der Waals surface area contributed by atoms with E-state index in [0.717, 1.165) is 0 Å². The van der Waals surface area contributed by atoms with Crippen LogP contribution in [0, 0.1) is 5.92 Å². The van der Waals surface area contributed by atoms with E-state index >= 15 is 0 Å². The summed E-state index contributed by atoms with van der Waals surface area (Å²) in [6, 6.07) is 0. The van der Waals surface area contributed by atoms with Gasteiger partial charge in [0.15, 0.2) is 0 Å². The van der Waals surface area contributed by atoms with Crippen molar-refractivity contribution in [1.82, 2.24) is 5.32 Å². The Balaban J connectivity index is 2.68. The highest BCUT2D eigenvalue weighted by molar-refractivity contribution is 5.90. The predicted molar refractivity (Wildman–Crippen MR) is 67.0 cm³/mol. The maximum absolute atomic E-state index is 11.9. The molecule has 0 bridgehead atoms. The van der Waals surface area contributed by atoms with Gasteiger partial charge in [-0.1, -0.05) is 6.08 Å². The lowest BCUT2D eigenvalue weighted by Gasteiger charge is -2.23. The van der Waals surface area contributed by atoms with E-state index in [2.05, 4.69) is 11.9 Å². The summed E-state index contributed by atoms with van der Waals surface area (Å²) in [6.07, 6.45) is 1.54. The summed E-state index contributed by atoms with van der Waals surface area (Å²) in [5, 5.41) is 2.60. The molecule has 0 aromatic rings. The van der Waals surface area contributed by atoms with Crippen LogP contribution in [0.4, 0.5) is 4.79 Å². The molecule has 0 radical (unpaired) electrons. The molecule has 2 atom stereocenters. The maximum atomic E-state index is 11.9. The van der Waals surface area contributed by atoms with E-state index < -0.39 is 23.2 Å². The topological polar surface area (TPSA) is 64.6 Å². The number of ether oxygens (including phenoxy) is 2. The van der Waals surface area contributed by atoms with Crippen molar-refractivity contribution in [2.24, 2.45) is 5.92 Å². The number of esters is 1. The van der Waals surface area contributed by atoms with Crippen LogP contribution in [0.25, 0.3) is 0 Å². The summed E-state index contributed by atoms with van der Waals surface area (Å²) in [4.78, 5) is 23.6. The van der Waals surface area contributed by atoms with E-state index in [1.807, 2.05) is 0 Å². The first-order chi connectivity index (χ1) is 8.25. The van der Waals surface area contributed by atoms with E-state index in [4.69, 9.17) is 9.47 Å². The second-order valence-corrected chi connectivity index (χ2v) is 5.37. The van der Waals surface area contributed by atoms with Gasteiger partial charge in [-0.05, 0) is 34.1 Å². The zero-order valence-electron chi connectivity index (χ0n) is 11.4. The van der Waals surface area contributed by atoms with Crippen molar-refractivity contribution in [2.75, 3.05) is 6.61 Å². The Bertz CT molecular complexity index is 358. The van der Waals surface area contributed by atoms with Gasteiger partial charge in [0.1, 0.15) is 11.1 Å². The molecule has 0 spiro atoms. The maximum Gasteiger partial charge on any atom is 0.408 e. The third kappa shape index (κ3) is 3.24. The molecular weight excluding hydrogens is 234 g/mol. The molecule has 0 heterocycles. The molecule has 5 heteroatoms. The van der Waals surface area contributed by atoms with E-state index in [0.29, 0.717) is 6.42 Å². The number of hydrogen-bond donors (Lipinski definition) is 1. The second kappa shape index (κ2) is 5.00. The third-order valence-corrected chi connectivity index (χ3v) is 2.66. The molecule has 1 fully saturated rings. The van der Waals surface area contributed by atoms with Crippen LogP contribution in [0.3, 0.4) is 0 Å². The van der Waals surface area contributed by atoms with Crippen LogP contribution in [0.15, 0.2) is 12.7 Å². The minimum atomic E-state index is -0.986. The minimum Gasteiger partial charge on any atom is -0.464 e. The van der Waals surface area contributed by atoms with Gasteiger partial charge in [-0.3, -0.25) is 0 Å². The Hall–Kier alpha value is -1.52. The van der Waals surface area contributed by atoms with Crippen LogP contribution in [-0.2, 0) is 14.3 Å². The highest BCUT2D eigenvalue weighted by Gasteiger charge is 2.61. The third-order valence-electron chi connectivity index (χ3n) is 2.66. The number of alkyl carbamates (subject to hydrolysis) is 1. The van der Waals surface area contributed by atoms with E-state index in [-0.39, 0.29) is 12.5 Å². The fourth-order valence-corrected chi connectivity index (χ4v) is 1.75. The molecule has 1 saturated carbocycles. The lowest BCUT2D eigenvalue weighted by molar-refractivity contribution is -0.147. The number of amides is 1. The molecule has 0 aromatic carbocycles. The molecule has 1 N–H and O–H groups in total. The van der Waals surface area contributed by atoms with Crippen molar-refractivity contribution in [3.8, 4) is 0 Å². The fraction of sp³-hybridized carbons (Fsp3) is 0.692. The Kier molecular flexibility index (Phi) is 4.04. The number of hydrogen-bond acceptors (Lipinski definition) is 4. The van der Waals surface area contributed by atoms with Crippen LogP contribution in [0.1, 0.15) is 34.1 Å². The van der Waals surface area contributed by atoms with E-state index in [1.54, 1.807) is 33.8 Å². The van der Waals surface area contributed by atoms with Crippen molar-refractivity contribution in [2.45, 2.75) is 45.3 Å². The minimum absolute atomic E-state index is 0.0935. The van der Waals surface area contributed by atoms with E-state index in [1.165, 1.54) is 0 Å². The fourth-order valence-electron chi connectivity index (χ4n) is 1.75.